The van der Waals surface area contributed by atoms with Gasteiger partial charge in [0.25, 0.3) is 15.9 Å². The van der Waals surface area contributed by atoms with Crippen molar-refractivity contribution in [2.75, 3.05) is 44.0 Å². The first-order valence-corrected chi connectivity index (χ1v) is 15.2. The number of nitrogens with zero attached hydrogens (tertiary/aromatic N) is 1. The molecular formula is C33H35N3O7S. The molecule has 230 valence electrons. The number of rotatable bonds is 13. The van der Waals surface area contributed by atoms with E-state index in [1.807, 2.05) is 19.1 Å². The second kappa shape index (κ2) is 14.4. The third-order valence-corrected chi connectivity index (χ3v) is 8.64. The van der Waals surface area contributed by atoms with Gasteiger partial charge in [-0.15, -0.1) is 0 Å². The molecule has 4 aromatic carbocycles. The Hall–Kier alpha value is -5.03. The summed E-state index contributed by atoms with van der Waals surface area (Å²) in [6, 6.07) is 24.8. The molecule has 0 bridgehead atoms. The summed E-state index contributed by atoms with van der Waals surface area (Å²) in [4.78, 5) is 26.5. The lowest BCUT2D eigenvalue weighted by Crippen LogP contribution is -2.38. The summed E-state index contributed by atoms with van der Waals surface area (Å²) in [5, 5.41) is 5.60. The number of carbonyl (C=O) groups is 2. The molecule has 0 aliphatic heterocycles. The summed E-state index contributed by atoms with van der Waals surface area (Å²) in [5.74, 6) is 0.735. The molecule has 2 N–H and O–H groups in total. The average molecular weight is 618 g/mol. The average Bonchev–Trinajstić information content (AvgIpc) is 3.04. The van der Waals surface area contributed by atoms with E-state index in [9.17, 15) is 18.0 Å². The molecule has 0 unspecified atom stereocenters. The number of amides is 2. The standard InChI is InChI=1S/C33H35N3O7S/c1-23-9-16-27(17-10-23)44(39,40)36(25-12-14-26(41-2)15-13-25)22-32(37)35-29-8-6-5-7-28(29)33(38)34-20-19-24-11-18-30(42-3)31(21-24)43-4/h5-18,21H,19-20,22H2,1-4H3,(H,34,38)(H,35,37). The minimum atomic E-state index is -4.12. The van der Waals surface area contributed by atoms with Gasteiger partial charge in [0.2, 0.25) is 5.91 Å². The van der Waals surface area contributed by atoms with E-state index >= 15 is 0 Å². The highest BCUT2D eigenvalue weighted by molar-refractivity contribution is 7.92. The summed E-state index contributed by atoms with van der Waals surface area (Å²) in [6.07, 6.45) is 0.536. The predicted molar refractivity (Wildman–Crippen MR) is 169 cm³/mol. The zero-order valence-corrected chi connectivity index (χ0v) is 25.8. The van der Waals surface area contributed by atoms with Gasteiger partial charge in [-0.05, 0) is 79.6 Å². The molecule has 0 atom stereocenters. The topological polar surface area (TPSA) is 123 Å². The van der Waals surface area contributed by atoms with Crippen LogP contribution >= 0.6 is 0 Å². The van der Waals surface area contributed by atoms with Crippen LogP contribution in [0.15, 0.2) is 95.9 Å². The third kappa shape index (κ3) is 7.67. The van der Waals surface area contributed by atoms with E-state index < -0.39 is 22.5 Å². The fourth-order valence-electron chi connectivity index (χ4n) is 4.46. The zero-order chi connectivity index (χ0) is 31.7. The lowest BCUT2D eigenvalue weighted by atomic mass is 10.1. The Bertz CT molecular complexity index is 1710. The first kappa shape index (κ1) is 31.9. The molecule has 0 radical (unpaired) electrons. The van der Waals surface area contributed by atoms with Crippen LogP contribution in [-0.4, -0.2) is 54.7 Å². The lowest BCUT2D eigenvalue weighted by Gasteiger charge is -2.24. The van der Waals surface area contributed by atoms with Crippen LogP contribution < -0.4 is 29.1 Å². The van der Waals surface area contributed by atoms with Gasteiger partial charge in [-0.2, -0.15) is 0 Å². The smallest absolute Gasteiger partial charge is 0.264 e. The number of benzene rings is 4. The van der Waals surface area contributed by atoms with Crippen LogP contribution in [0.2, 0.25) is 0 Å². The van der Waals surface area contributed by atoms with E-state index in [0.717, 1.165) is 15.4 Å². The number of hydrogen-bond donors (Lipinski definition) is 2. The molecule has 0 fully saturated rings. The van der Waals surface area contributed by atoms with Crippen molar-refractivity contribution in [1.82, 2.24) is 5.32 Å². The number of hydrogen-bond acceptors (Lipinski definition) is 7. The Kier molecular flexibility index (Phi) is 10.5. The SMILES string of the molecule is COc1ccc(N(CC(=O)Nc2ccccc2C(=O)NCCc2ccc(OC)c(OC)c2)S(=O)(=O)c2ccc(C)cc2)cc1. The number of aryl methyl sites for hydroxylation is 1. The Morgan fingerprint density at radius 1 is 0.795 bits per heavy atom. The maximum absolute atomic E-state index is 13.7. The van der Waals surface area contributed by atoms with Crippen molar-refractivity contribution in [3.05, 3.63) is 108 Å². The van der Waals surface area contributed by atoms with Crippen molar-refractivity contribution in [2.45, 2.75) is 18.2 Å². The number of carbonyl (C=O) groups excluding carboxylic acids is 2. The largest absolute Gasteiger partial charge is 0.497 e. The van der Waals surface area contributed by atoms with Crippen molar-refractivity contribution >= 4 is 33.2 Å². The maximum Gasteiger partial charge on any atom is 0.264 e. The van der Waals surface area contributed by atoms with Gasteiger partial charge in [-0.25, -0.2) is 8.42 Å². The fourth-order valence-corrected chi connectivity index (χ4v) is 5.88. The Morgan fingerprint density at radius 2 is 1.48 bits per heavy atom. The van der Waals surface area contributed by atoms with Gasteiger partial charge < -0.3 is 24.8 Å². The monoisotopic (exact) mass is 617 g/mol. The fraction of sp³-hybridized carbons (Fsp3) is 0.212. The minimum Gasteiger partial charge on any atom is -0.497 e. The van der Waals surface area contributed by atoms with Crippen LogP contribution in [0.4, 0.5) is 11.4 Å². The number of para-hydroxylation sites is 1. The summed E-state index contributed by atoms with van der Waals surface area (Å²) in [5.41, 5.74) is 2.62. The number of ether oxygens (including phenoxy) is 3. The van der Waals surface area contributed by atoms with E-state index in [1.54, 1.807) is 80.9 Å². The van der Waals surface area contributed by atoms with Gasteiger partial charge in [0, 0.05) is 6.54 Å². The minimum absolute atomic E-state index is 0.0426. The van der Waals surface area contributed by atoms with Crippen molar-refractivity contribution in [3.8, 4) is 17.2 Å². The summed E-state index contributed by atoms with van der Waals surface area (Å²) >= 11 is 0. The highest BCUT2D eigenvalue weighted by Crippen LogP contribution is 2.28. The molecule has 0 heterocycles. The summed E-state index contributed by atoms with van der Waals surface area (Å²) in [6.45, 7) is 1.66. The number of anilines is 2. The number of sulfonamides is 1. The van der Waals surface area contributed by atoms with Crippen LogP contribution in [0.3, 0.4) is 0 Å². The molecule has 11 heteroatoms. The van der Waals surface area contributed by atoms with Crippen molar-refractivity contribution in [2.24, 2.45) is 0 Å². The first-order chi connectivity index (χ1) is 21.2. The van der Waals surface area contributed by atoms with Crippen molar-refractivity contribution in [3.63, 3.8) is 0 Å². The van der Waals surface area contributed by atoms with E-state index in [1.165, 1.54) is 19.2 Å². The molecule has 2 amide bonds. The normalized spacial score (nSPS) is 10.9. The van der Waals surface area contributed by atoms with Gasteiger partial charge >= 0.3 is 0 Å². The van der Waals surface area contributed by atoms with E-state index in [0.29, 0.717) is 30.2 Å². The molecule has 44 heavy (non-hydrogen) atoms. The van der Waals surface area contributed by atoms with E-state index in [4.69, 9.17) is 14.2 Å². The summed E-state index contributed by atoms with van der Waals surface area (Å²) in [7, 11) is 0.512. The quantitative estimate of drug-likeness (QED) is 0.220. The van der Waals surface area contributed by atoms with Crippen LogP contribution in [-0.2, 0) is 21.2 Å². The molecule has 0 aromatic heterocycles. The molecule has 0 aliphatic carbocycles. The molecule has 0 saturated carbocycles. The molecular weight excluding hydrogens is 582 g/mol. The lowest BCUT2D eigenvalue weighted by molar-refractivity contribution is -0.114. The van der Waals surface area contributed by atoms with E-state index in [2.05, 4.69) is 10.6 Å². The van der Waals surface area contributed by atoms with Crippen LogP contribution in [0, 0.1) is 6.92 Å². The van der Waals surface area contributed by atoms with Gasteiger partial charge in [0.1, 0.15) is 12.3 Å². The Morgan fingerprint density at radius 3 is 2.14 bits per heavy atom. The van der Waals surface area contributed by atoms with Crippen LogP contribution in [0.1, 0.15) is 21.5 Å². The van der Waals surface area contributed by atoms with Crippen LogP contribution in [0.5, 0.6) is 17.2 Å². The number of nitrogens with one attached hydrogen (secondary N) is 2. The Balaban J connectivity index is 1.49. The molecule has 10 nitrogen and oxygen atoms in total. The van der Waals surface area contributed by atoms with E-state index in [-0.39, 0.29) is 27.7 Å². The molecule has 0 spiro atoms. The maximum atomic E-state index is 13.7. The molecule has 4 rings (SSSR count). The molecule has 4 aromatic rings. The first-order valence-electron chi connectivity index (χ1n) is 13.8. The van der Waals surface area contributed by atoms with Gasteiger partial charge in [0.15, 0.2) is 11.5 Å². The van der Waals surface area contributed by atoms with Crippen molar-refractivity contribution in [1.29, 1.82) is 0 Å². The predicted octanol–water partition coefficient (Wildman–Crippen LogP) is 4.83. The number of methoxy groups -OCH3 is 3. The summed E-state index contributed by atoms with van der Waals surface area (Å²) < 4.78 is 44.3. The van der Waals surface area contributed by atoms with Crippen molar-refractivity contribution < 1.29 is 32.2 Å². The molecule has 0 saturated heterocycles. The van der Waals surface area contributed by atoms with Gasteiger partial charge in [-0.1, -0.05) is 35.9 Å². The van der Waals surface area contributed by atoms with Crippen LogP contribution in [0.25, 0.3) is 0 Å². The second-order valence-corrected chi connectivity index (χ2v) is 11.7. The Labute approximate surface area is 257 Å². The molecule has 0 aliphatic rings. The third-order valence-electron chi connectivity index (χ3n) is 6.85. The highest BCUT2D eigenvalue weighted by Gasteiger charge is 2.28. The highest BCUT2D eigenvalue weighted by atomic mass is 32.2. The zero-order valence-electron chi connectivity index (χ0n) is 25.0. The van der Waals surface area contributed by atoms with Gasteiger partial charge in [-0.3, -0.25) is 13.9 Å². The second-order valence-electron chi connectivity index (χ2n) is 9.81. The van der Waals surface area contributed by atoms with Gasteiger partial charge in [0.05, 0.1) is 43.2 Å².